The average Bonchev–Trinajstić information content (AvgIpc) is 2.37. The summed E-state index contributed by atoms with van der Waals surface area (Å²) in [7, 11) is 1.65. The smallest absolute Gasteiger partial charge is 0.149 e. The number of methoxy groups -OCH3 is 1. The lowest BCUT2D eigenvalue weighted by Crippen LogP contribution is -1.88. The molecular weight excluding hydrogens is 224 g/mol. The molecule has 92 valence electrons. The molecule has 0 N–H and O–H groups in total. The van der Waals surface area contributed by atoms with Crippen LogP contribution in [0, 0.1) is 13.8 Å². The summed E-state index contributed by atoms with van der Waals surface area (Å²) in [6.07, 6.45) is 0. The summed E-state index contributed by atoms with van der Waals surface area (Å²) >= 11 is 0. The van der Waals surface area contributed by atoms with Crippen molar-refractivity contribution >= 4 is 11.4 Å². The van der Waals surface area contributed by atoms with Crippen molar-refractivity contribution in [1.82, 2.24) is 0 Å². The first-order chi connectivity index (χ1) is 8.70. The van der Waals surface area contributed by atoms with E-state index in [0.717, 1.165) is 28.3 Å². The molecule has 0 saturated carbocycles. The zero-order valence-electron chi connectivity index (χ0n) is 10.8. The van der Waals surface area contributed by atoms with Crippen molar-refractivity contribution in [2.24, 2.45) is 10.2 Å². The number of rotatable bonds is 3. The van der Waals surface area contributed by atoms with E-state index in [-0.39, 0.29) is 0 Å². The number of azo groups is 1. The van der Waals surface area contributed by atoms with Crippen molar-refractivity contribution in [3.05, 3.63) is 53.6 Å². The minimum absolute atomic E-state index is 0.763. The Morgan fingerprint density at radius 2 is 1.67 bits per heavy atom. The molecule has 2 aromatic rings. The standard InChI is InChI=1S/C15H16N2O/c1-11-9-12(2)15(18-3)14(10-11)17-16-13-7-5-4-6-8-13/h4-10H,1-3H3. The number of ether oxygens (including phenoxy) is 1. The normalized spacial score (nSPS) is 10.8. The van der Waals surface area contributed by atoms with E-state index in [2.05, 4.69) is 16.3 Å². The molecular formula is C15H16N2O. The quantitative estimate of drug-likeness (QED) is 0.714. The molecule has 0 spiro atoms. The average molecular weight is 240 g/mol. The maximum absolute atomic E-state index is 5.37. The van der Waals surface area contributed by atoms with Crippen LogP contribution >= 0.6 is 0 Å². The van der Waals surface area contributed by atoms with Crippen LogP contribution in [-0.4, -0.2) is 7.11 Å². The molecule has 18 heavy (non-hydrogen) atoms. The molecule has 3 heteroatoms. The zero-order valence-corrected chi connectivity index (χ0v) is 10.8. The lowest BCUT2D eigenvalue weighted by atomic mass is 10.1. The molecule has 0 bridgehead atoms. The van der Waals surface area contributed by atoms with Crippen LogP contribution < -0.4 is 4.74 Å². The van der Waals surface area contributed by atoms with Crippen LogP contribution in [0.1, 0.15) is 11.1 Å². The summed E-state index contributed by atoms with van der Waals surface area (Å²) in [6.45, 7) is 4.04. The largest absolute Gasteiger partial charge is 0.494 e. The Morgan fingerprint density at radius 1 is 0.944 bits per heavy atom. The van der Waals surface area contributed by atoms with Crippen molar-refractivity contribution in [3.8, 4) is 5.75 Å². The van der Waals surface area contributed by atoms with Gasteiger partial charge in [0, 0.05) is 0 Å². The van der Waals surface area contributed by atoms with Crippen molar-refractivity contribution < 1.29 is 4.74 Å². The number of aryl methyl sites for hydroxylation is 2. The van der Waals surface area contributed by atoms with E-state index in [9.17, 15) is 0 Å². The van der Waals surface area contributed by atoms with Gasteiger partial charge < -0.3 is 4.74 Å². The van der Waals surface area contributed by atoms with Crippen molar-refractivity contribution in [1.29, 1.82) is 0 Å². The van der Waals surface area contributed by atoms with Crippen molar-refractivity contribution in [3.63, 3.8) is 0 Å². The molecule has 0 heterocycles. The third-order valence-corrected chi connectivity index (χ3v) is 2.63. The molecule has 0 fully saturated rings. The van der Waals surface area contributed by atoms with Crippen molar-refractivity contribution in [2.75, 3.05) is 7.11 Å². The topological polar surface area (TPSA) is 34.0 Å². The van der Waals surface area contributed by atoms with Gasteiger partial charge in [0.25, 0.3) is 0 Å². The number of hydrogen-bond donors (Lipinski definition) is 0. The molecule has 2 rings (SSSR count). The molecule has 3 nitrogen and oxygen atoms in total. The van der Waals surface area contributed by atoms with Gasteiger partial charge in [-0.15, -0.1) is 5.11 Å². The van der Waals surface area contributed by atoms with Gasteiger partial charge in [0.15, 0.2) is 0 Å². The molecule has 0 aliphatic carbocycles. The summed E-state index contributed by atoms with van der Waals surface area (Å²) in [5, 5.41) is 8.48. The fourth-order valence-electron chi connectivity index (χ4n) is 1.88. The van der Waals surface area contributed by atoms with Crippen LogP contribution in [0.3, 0.4) is 0 Å². The lowest BCUT2D eigenvalue weighted by Gasteiger charge is -2.08. The lowest BCUT2D eigenvalue weighted by molar-refractivity contribution is 0.412. The number of nitrogens with zero attached hydrogens (tertiary/aromatic N) is 2. The zero-order chi connectivity index (χ0) is 13.0. The monoisotopic (exact) mass is 240 g/mol. The Labute approximate surface area is 107 Å². The first-order valence-corrected chi connectivity index (χ1v) is 5.82. The van der Waals surface area contributed by atoms with E-state index in [1.807, 2.05) is 50.2 Å². The maximum Gasteiger partial charge on any atom is 0.149 e. The van der Waals surface area contributed by atoms with Crippen LogP contribution in [0.4, 0.5) is 11.4 Å². The number of hydrogen-bond acceptors (Lipinski definition) is 3. The highest BCUT2D eigenvalue weighted by molar-refractivity contribution is 5.57. The summed E-state index contributed by atoms with van der Waals surface area (Å²) in [6, 6.07) is 13.7. The van der Waals surface area contributed by atoms with E-state index in [4.69, 9.17) is 4.74 Å². The van der Waals surface area contributed by atoms with E-state index < -0.39 is 0 Å². The highest BCUT2D eigenvalue weighted by Gasteiger charge is 2.06. The Hall–Kier alpha value is -2.16. The van der Waals surface area contributed by atoms with Gasteiger partial charge in [0.05, 0.1) is 12.8 Å². The van der Waals surface area contributed by atoms with E-state index >= 15 is 0 Å². The predicted octanol–water partition coefficient (Wildman–Crippen LogP) is 4.73. The Bertz CT molecular complexity index is 562. The SMILES string of the molecule is COc1c(C)cc(C)cc1N=Nc1ccccc1. The fraction of sp³-hybridized carbons (Fsp3) is 0.200. The highest BCUT2D eigenvalue weighted by atomic mass is 16.5. The van der Waals surface area contributed by atoms with E-state index in [1.165, 1.54) is 0 Å². The summed E-state index contributed by atoms with van der Waals surface area (Å²) in [5.41, 5.74) is 3.81. The third-order valence-electron chi connectivity index (χ3n) is 2.63. The molecule has 0 atom stereocenters. The van der Waals surface area contributed by atoms with Gasteiger partial charge in [0.2, 0.25) is 0 Å². The first kappa shape index (κ1) is 12.3. The number of benzene rings is 2. The third kappa shape index (κ3) is 2.74. The first-order valence-electron chi connectivity index (χ1n) is 5.82. The Morgan fingerprint density at radius 3 is 2.33 bits per heavy atom. The van der Waals surface area contributed by atoms with Crippen LogP contribution in [-0.2, 0) is 0 Å². The molecule has 0 saturated heterocycles. The van der Waals surface area contributed by atoms with Gasteiger partial charge in [-0.25, -0.2) is 0 Å². The van der Waals surface area contributed by atoms with E-state index in [1.54, 1.807) is 7.11 Å². The summed E-state index contributed by atoms with van der Waals surface area (Å²) in [4.78, 5) is 0. The molecule has 0 radical (unpaired) electrons. The second kappa shape index (κ2) is 5.45. The minimum Gasteiger partial charge on any atom is -0.494 e. The van der Waals surface area contributed by atoms with Crippen molar-refractivity contribution in [2.45, 2.75) is 13.8 Å². The molecule has 0 unspecified atom stereocenters. The fourth-order valence-corrected chi connectivity index (χ4v) is 1.88. The Balaban J connectivity index is 2.37. The maximum atomic E-state index is 5.37. The van der Waals surface area contributed by atoms with Crippen LogP contribution in [0.2, 0.25) is 0 Å². The predicted molar refractivity (Wildman–Crippen MR) is 73.1 cm³/mol. The van der Waals surface area contributed by atoms with Gasteiger partial charge in [0.1, 0.15) is 11.4 Å². The summed E-state index contributed by atoms with van der Waals surface area (Å²) < 4.78 is 5.37. The van der Waals surface area contributed by atoms with Gasteiger partial charge in [-0.1, -0.05) is 24.3 Å². The van der Waals surface area contributed by atoms with Gasteiger partial charge in [-0.05, 0) is 43.2 Å². The minimum atomic E-state index is 0.763. The van der Waals surface area contributed by atoms with Gasteiger partial charge in [-0.2, -0.15) is 5.11 Å². The van der Waals surface area contributed by atoms with Gasteiger partial charge in [-0.3, -0.25) is 0 Å². The van der Waals surface area contributed by atoms with Gasteiger partial charge >= 0.3 is 0 Å². The molecule has 0 aliphatic heterocycles. The second-order valence-electron chi connectivity index (χ2n) is 4.17. The Kier molecular flexibility index (Phi) is 3.72. The molecule has 0 aromatic heterocycles. The van der Waals surface area contributed by atoms with Crippen LogP contribution in [0.5, 0.6) is 5.75 Å². The highest BCUT2D eigenvalue weighted by Crippen LogP contribution is 2.33. The summed E-state index contributed by atoms with van der Waals surface area (Å²) in [5.74, 6) is 0.778. The molecule has 2 aromatic carbocycles. The molecule has 0 amide bonds. The van der Waals surface area contributed by atoms with Crippen LogP contribution in [0.25, 0.3) is 0 Å². The van der Waals surface area contributed by atoms with Crippen LogP contribution in [0.15, 0.2) is 52.7 Å². The van der Waals surface area contributed by atoms with E-state index in [0.29, 0.717) is 0 Å². The molecule has 0 aliphatic rings. The second-order valence-corrected chi connectivity index (χ2v) is 4.17.